The Kier molecular flexibility index (Phi) is 5.63. The lowest BCUT2D eigenvalue weighted by Crippen LogP contribution is -1.95. The molecule has 0 aliphatic rings. The Morgan fingerprint density at radius 2 is 1.12 bits per heavy atom. The van der Waals surface area contributed by atoms with Gasteiger partial charge in [0.2, 0.25) is 0 Å². The summed E-state index contributed by atoms with van der Waals surface area (Å²) in [5, 5.41) is 10.3. The van der Waals surface area contributed by atoms with Gasteiger partial charge in [-0.05, 0) is 57.9 Å². The van der Waals surface area contributed by atoms with Crippen molar-refractivity contribution in [2.45, 2.75) is 0 Å². The zero-order valence-corrected chi connectivity index (χ0v) is 26.8. The van der Waals surface area contributed by atoms with Gasteiger partial charge >= 0.3 is 0 Å². The summed E-state index contributed by atoms with van der Waals surface area (Å²) in [6.45, 7) is 0. The summed E-state index contributed by atoms with van der Waals surface area (Å²) in [7, 11) is 0. The molecule has 0 unspecified atom stereocenters. The maximum absolute atomic E-state index is 7.14. The van der Waals surface area contributed by atoms with Gasteiger partial charge in [-0.2, -0.15) is 0 Å². The van der Waals surface area contributed by atoms with Gasteiger partial charge in [0.25, 0.3) is 0 Å². The second-order valence-electron chi connectivity index (χ2n) is 13.0. The molecule has 232 valence electrons. The van der Waals surface area contributed by atoms with Gasteiger partial charge in [-0.15, -0.1) is 0 Å². The molecular formula is C46H27N3O. The highest BCUT2D eigenvalue weighted by Gasteiger charge is 2.23. The summed E-state index contributed by atoms with van der Waals surface area (Å²) in [5.74, 6) is 0.641. The molecule has 0 radical (unpaired) electrons. The average Bonchev–Trinajstić information content (AvgIpc) is 3.73. The van der Waals surface area contributed by atoms with Gasteiger partial charge in [0.15, 0.2) is 11.4 Å². The maximum Gasteiger partial charge on any atom is 0.164 e. The monoisotopic (exact) mass is 637 g/mol. The first-order valence-electron chi connectivity index (χ1n) is 16.9. The number of benzene rings is 8. The maximum atomic E-state index is 7.14. The molecule has 0 bridgehead atoms. The predicted octanol–water partition coefficient (Wildman–Crippen LogP) is 12.3. The zero-order chi connectivity index (χ0) is 32.8. The van der Waals surface area contributed by atoms with Crippen LogP contribution in [0.5, 0.6) is 0 Å². The lowest BCUT2D eigenvalue weighted by Gasteiger charge is -2.11. The van der Waals surface area contributed by atoms with E-state index >= 15 is 0 Å². The van der Waals surface area contributed by atoms with Gasteiger partial charge in [0.05, 0.1) is 33.5 Å². The van der Waals surface area contributed by atoms with Crippen LogP contribution < -0.4 is 0 Å². The summed E-state index contributed by atoms with van der Waals surface area (Å²) >= 11 is 0. The van der Waals surface area contributed by atoms with E-state index in [1.807, 2.05) is 18.2 Å². The number of aromatic nitrogens is 3. The molecule has 0 aliphatic heterocycles. The minimum absolute atomic E-state index is 0.641. The molecule has 0 amide bonds. The Bertz CT molecular complexity index is 3150. The Morgan fingerprint density at radius 3 is 1.98 bits per heavy atom. The molecule has 11 rings (SSSR count). The number of hydrogen-bond donors (Lipinski definition) is 0. The SMILES string of the molecule is c1ccc(-c2nc(-c3cc4ccccc4c4c3oc3c(-n5c6ccccc6c6cc7ccccc7cc65)cccc34)nc3ccccc23)cc1. The normalized spacial score (nSPS) is 12.0. The fourth-order valence-corrected chi connectivity index (χ4v) is 7.90. The largest absolute Gasteiger partial charge is 0.453 e. The third-order valence-corrected chi connectivity index (χ3v) is 10.1. The standard InChI is InChI=1S/C46H27N3O/c1-2-13-28(14-3-1)43-34-20-8-10-22-38(34)47-46(48-43)37-26-31-17-6-7-18-32(31)42-35-21-12-24-40(44(35)50-45(37)42)49-39-23-11-9-19-33(39)36-25-29-15-4-5-16-30(29)27-41(36)49/h1-27H. The molecule has 0 saturated heterocycles. The van der Waals surface area contributed by atoms with Crippen molar-refractivity contribution in [2.24, 2.45) is 0 Å². The Balaban J connectivity index is 1.26. The molecule has 11 aromatic rings. The van der Waals surface area contributed by atoms with E-state index in [-0.39, 0.29) is 0 Å². The number of fused-ring (bicyclic) bond motifs is 10. The minimum Gasteiger partial charge on any atom is -0.453 e. The Hall–Kier alpha value is -6.78. The van der Waals surface area contributed by atoms with Gasteiger partial charge in [-0.3, -0.25) is 0 Å². The molecule has 4 heteroatoms. The highest BCUT2D eigenvalue weighted by atomic mass is 16.3. The van der Waals surface area contributed by atoms with Crippen LogP contribution in [0.2, 0.25) is 0 Å². The molecule has 3 heterocycles. The first-order valence-corrected chi connectivity index (χ1v) is 16.9. The van der Waals surface area contributed by atoms with Crippen molar-refractivity contribution >= 4 is 76.2 Å². The minimum atomic E-state index is 0.641. The molecule has 3 aromatic heterocycles. The third-order valence-electron chi connectivity index (χ3n) is 10.1. The van der Waals surface area contributed by atoms with Crippen LogP contribution in [0.4, 0.5) is 0 Å². The number of hydrogen-bond acceptors (Lipinski definition) is 3. The molecule has 0 N–H and O–H groups in total. The van der Waals surface area contributed by atoms with Crippen LogP contribution in [0.15, 0.2) is 168 Å². The van der Waals surface area contributed by atoms with E-state index in [0.29, 0.717) is 5.82 Å². The molecule has 0 fully saturated rings. The van der Waals surface area contributed by atoms with Crippen molar-refractivity contribution in [3.05, 3.63) is 164 Å². The molecule has 50 heavy (non-hydrogen) atoms. The van der Waals surface area contributed by atoms with Crippen LogP contribution in [0, 0.1) is 0 Å². The smallest absolute Gasteiger partial charge is 0.164 e. The Morgan fingerprint density at radius 1 is 0.440 bits per heavy atom. The topological polar surface area (TPSA) is 43.9 Å². The predicted molar refractivity (Wildman–Crippen MR) is 207 cm³/mol. The lowest BCUT2D eigenvalue weighted by molar-refractivity contribution is 0.667. The highest BCUT2D eigenvalue weighted by molar-refractivity contribution is 6.24. The van der Waals surface area contributed by atoms with Crippen LogP contribution in [0.25, 0.3) is 105 Å². The molecular weight excluding hydrogens is 611 g/mol. The number of nitrogens with zero attached hydrogens (tertiary/aromatic N) is 3. The van der Waals surface area contributed by atoms with Crippen molar-refractivity contribution in [3.8, 4) is 28.3 Å². The van der Waals surface area contributed by atoms with E-state index in [0.717, 1.165) is 77.2 Å². The first kappa shape index (κ1) is 27.2. The van der Waals surface area contributed by atoms with Crippen molar-refractivity contribution in [3.63, 3.8) is 0 Å². The lowest BCUT2D eigenvalue weighted by atomic mass is 9.99. The molecule has 0 spiro atoms. The fraction of sp³-hybridized carbons (Fsp3) is 0. The van der Waals surface area contributed by atoms with Gasteiger partial charge in [-0.25, -0.2) is 9.97 Å². The summed E-state index contributed by atoms with van der Waals surface area (Å²) in [6.07, 6.45) is 0. The first-order chi connectivity index (χ1) is 24.8. The third kappa shape index (κ3) is 3.87. The second-order valence-corrected chi connectivity index (χ2v) is 13.0. The molecule has 8 aromatic carbocycles. The quantitative estimate of drug-likeness (QED) is 0.194. The zero-order valence-electron chi connectivity index (χ0n) is 26.8. The van der Waals surface area contributed by atoms with Crippen LogP contribution in [0.3, 0.4) is 0 Å². The van der Waals surface area contributed by atoms with Crippen LogP contribution in [-0.4, -0.2) is 14.5 Å². The number of para-hydroxylation sites is 3. The van der Waals surface area contributed by atoms with Gasteiger partial charge in [-0.1, -0.05) is 127 Å². The van der Waals surface area contributed by atoms with Crippen LogP contribution >= 0.6 is 0 Å². The van der Waals surface area contributed by atoms with Gasteiger partial charge in [0.1, 0.15) is 5.58 Å². The van der Waals surface area contributed by atoms with E-state index < -0.39 is 0 Å². The second kappa shape index (κ2) is 10.4. The van der Waals surface area contributed by atoms with E-state index in [9.17, 15) is 0 Å². The molecule has 0 atom stereocenters. The van der Waals surface area contributed by atoms with E-state index in [1.165, 1.54) is 21.5 Å². The Labute approximate surface area is 286 Å². The molecule has 0 saturated carbocycles. The fourth-order valence-electron chi connectivity index (χ4n) is 7.90. The highest BCUT2D eigenvalue weighted by Crippen LogP contribution is 2.44. The van der Waals surface area contributed by atoms with Crippen molar-refractivity contribution < 1.29 is 4.42 Å². The summed E-state index contributed by atoms with van der Waals surface area (Å²) < 4.78 is 9.51. The van der Waals surface area contributed by atoms with Crippen LogP contribution in [0.1, 0.15) is 0 Å². The molecule has 4 nitrogen and oxygen atoms in total. The number of furan rings is 1. The summed E-state index contributed by atoms with van der Waals surface area (Å²) in [6, 6.07) is 57.7. The van der Waals surface area contributed by atoms with Gasteiger partial charge in [0, 0.05) is 32.5 Å². The van der Waals surface area contributed by atoms with Gasteiger partial charge < -0.3 is 8.98 Å². The summed E-state index contributed by atoms with van der Waals surface area (Å²) in [4.78, 5) is 10.4. The van der Waals surface area contributed by atoms with E-state index in [4.69, 9.17) is 14.4 Å². The average molecular weight is 638 g/mol. The van der Waals surface area contributed by atoms with Crippen molar-refractivity contribution in [1.82, 2.24) is 14.5 Å². The van der Waals surface area contributed by atoms with Crippen molar-refractivity contribution in [1.29, 1.82) is 0 Å². The van der Waals surface area contributed by atoms with Crippen LogP contribution in [-0.2, 0) is 0 Å². The number of rotatable bonds is 3. The van der Waals surface area contributed by atoms with Crippen molar-refractivity contribution in [2.75, 3.05) is 0 Å². The van der Waals surface area contributed by atoms with E-state index in [2.05, 4.69) is 150 Å². The van der Waals surface area contributed by atoms with E-state index in [1.54, 1.807) is 0 Å². The summed E-state index contributed by atoms with van der Waals surface area (Å²) in [5.41, 5.74) is 8.63. The molecule has 0 aliphatic carbocycles.